The summed E-state index contributed by atoms with van der Waals surface area (Å²) in [7, 11) is 4.06. The minimum Gasteiger partial charge on any atom is -0.445 e. The Morgan fingerprint density at radius 3 is 2.92 bits per heavy atom. The summed E-state index contributed by atoms with van der Waals surface area (Å²) < 4.78 is 13.5. The predicted molar refractivity (Wildman–Crippen MR) is 142 cm³/mol. The van der Waals surface area contributed by atoms with Crippen molar-refractivity contribution in [3.8, 4) is 11.3 Å². The Morgan fingerprint density at radius 2 is 2.08 bits per heavy atom. The summed E-state index contributed by atoms with van der Waals surface area (Å²) in [5.74, 6) is 0.581. The smallest absolute Gasteiger partial charge is 0.254 e. The van der Waals surface area contributed by atoms with Crippen molar-refractivity contribution in [2.75, 3.05) is 26.0 Å². The first-order chi connectivity index (χ1) is 18.6. The topological polar surface area (TPSA) is 110 Å². The van der Waals surface area contributed by atoms with Gasteiger partial charge in [0, 0.05) is 36.9 Å². The molecule has 1 amide bonds. The van der Waals surface area contributed by atoms with Gasteiger partial charge in [-0.3, -0.25) is 9.20 Å². The predicted octanol–water partition coefficient (Wildman–Crippen LogP) is 4.44. The largest absolute Gasteiger partial charge is 0.445 e. The molecule has 1 atom stereocenters. The van der Waals surface area contributed by atoms with Crippen LogP contribution in [0.25, 0.3) is 28.1 Å². The number of hydrogen-bond donors (Lipinski definition) is 2. The van der Waals surface area contributed by atoms with Crippen LogP contribution in [-0.2, 0) is 17.8 Å². The lowest BCUT2D eigenvalue weighted by atomic mass is 9.99. The fourth-order valence-corrected chi connectivity index (χ4v) is 5.53. The Labute approximate surface area is 218 Å². The molecule has 0 spiro atoms. The summed E-state index contributed by atoms with van der Waals surface area (Å²) >= 11 is 0. The van der Waals surface area contributed by atoms with Crippen LogP contribution in [0.4, 0.5) is 11.5 Å². The number of hydrogen-bond acceptors (Lipinski definition) is 8. The van der Waals surface area contributed by atoms with Crippen LogP contribution < -0.4 is 10.6 Å². The third-order valence-electron chi connectivity index (χ3n) is 7.21. The molecule has 0 saturated carbocycles. The number of imidazole rings is 1. The van der Waals surface area contributed by atoms with Crippen molar-refractivity contribution in [3.63, 3.8) is 0 Å². The maximum Gasteiger partial charge on any atom is 0.254 e. The van der Waals surface area contributed by atoms with E-state index in [1.165, 1.54) is 0 Å². The Kier molecular flexibility index (Phi) is 5.38. The highest BCUT2D eigenvalue weighted by Gasteiger charge is 2.28. The Balaban J connectivity index is 1.29. The number of ether oxygens (including phenoxy) is 1. The first-order valence-corrected chi connectivity index (χ1v) is 12.7. The SMILES string of the molecule is CN(C)Cc1nc(Nc2ccc(-c3cnc4cnc5occc5n34)c3c2C(=O)NC3)ccc1[C@@H]1CCCO1. The van der Waals surface area contributed by atoms with Gasteiger partial charge in [0.15, 0.2) is 5.65 Å². The van der Waals surface area contributed by atoms with E-state index in [0.29, 0.717) is 35.8 Å². The first-order valence-electron chi connectivity index (χ1n) is 12.7. The number of nitrogens with zero attached hydrogens (tertiary/aromatic N) is 5. The summed E-state index contributed by atoms with van der Waals surface area (Å²) in [4.78, 5) is 29.0. The van der Waals surface area contributed by atoms with Crippen molar-refractivity contribution in [2.24, 2.45) is 0 Å². The summed E-state index contributed by atoms with van der Waals surface area (Å²) in [6, 6.07) is 9.90. The van der Waals surface area contributed by atoms with E-state index in [9.17, 15) is 4.79 Å². The molecule has 7 rings (SSSR count). The molecule has 1 aromatic carbocycles. The van der Waals surface area contributed by atoms with E-state index < -0.39 is 0 Å². The van der Waals surface area contributed by atoms with E-state index in [2.05, 4.69) is 31.6 Å². The molecule has 10 heteroatoms. The van der Waals surface area contributed by atoms with Gasteiger partial charge in [-0.2, -0.15) is 0 Å². The van der Waals surface area contributed by atoms with Crippen LogP contribution >= 0.6 is 0 Å². The molecule has 4 aromatic heterocycles. The van der Waals surface area contributed by atoms with Crippen LogP contribution in [-0.4, -0.2) is 50.9 Å². The number of pyridine rings is 1. The molecule has 2 aliphatic rings. The van der Waals surface area contributed by atoms with E-state index >= 15 is 0 Å². The van der Waals surface area contributed by atoms with Crippen LogP contribution in [0.1, 0.15) is 46.1 Å². The number of anilines is 2. The number of aromatic nitrogens is 4. The van der Waals surface area contributed by atoms with Crippen molar-refractivity contribution in [1.82, 2.24) is 29.6 Å². The zero-order valence-electron chi connectivity index (χ0n) is 21.2. The van der Waals surface area contributed by atoms with Gasteiger partial charge < -0.3 is 24.7 Å². The van der Waals surface area contributed by atoms with Gasteiger partial charge in [0.05, 0.1) is 47.4 Å². The van der Waals surface area contributed by atoms with Crippen LogP contribution in [0, 0.1) is 0 Å². The quantitative estimate of drug-likeness (QED) is 0.346. The fourth-order valence-electron chi connectivity index (χ4n) is 5.53. The fraction of sp³-hybridized carbons (Fsp3) is 0.286. The van der Waals surface area contributed by atoms with E-state index in [1.807, 2.05) is 49.0 Å². The molecule has 192 valence electrons. The van der Waals surface area contributed by atoms with Gasteiger partial charge in [-0.25, -0.2) is 15.0 Å². The molecular formula is C28H27N7O3. The Bertz CT molecular complexity index is 1700. The summed E-state index contributed by atoms with van der Waals surface area (Å²) in [6.07, 6.45) is 7.28. The van der Waals surface area contributed by atoms with Crippen LogP contribution in [0.3, 0.4) is 0 Å². The summed E-state index contributed by atoms with van der Waals surface area (Å²) in [5.41, 5.74) is 8.25. The van der Waals surface area contributed by atoms with E-state index in [1.54, 1.807) is 12.5 Å². The summed E-state index contributed by atoms with van der Waals surface area (Å²) in [6.45, 7) is 1.92. The highest BCUT2D eigenvalue weighted by atomic mass is 16.5. The van der Waals surface area contributed by atoms with Crippen LogP contribution in [0.15, 0.2) is 53.4 Å². The summed E-state index contributed by atoms with van der Waals surface area (Å²) in [5, 5.41) is 6.42. The van der Waals surface area contributed by atoms with Crippen LogP contribution in [0.5, 0.6) is 0 Å². The molecule has 2 aliphatic heterocycles. The molecule has 1 fully saturated rings. The van der Waals surface area contributed by atoms with Crippen molar-refractivity contribution in [3.05, 3.63) is 71.4 Å². The van der Waals surface area contributed by atoms with Gasteiger partial charge in [0.1, 0.15) is 11.3 Å². The second kappa shape index (κ2) is 8.93. The Hall–Kier alpha value is -4.28. The lowest BCUT2D eigenvalue weighted by Gasteiger charge is -2.19. The lowest BCUT2D eigenvalue weighted by molar-refractivity contribution is 0.0966. The minimum atomic E-state index is -0.113. The molecule has 6 heterocycles. The normalized spacial score (nSPS) is 17.0. The third-order valence-corrected chi connectivity index (χ3v) is 7.21. The van der Waals surface area contributed by atoms with Crippen LogP contribution in [0.2, 0.25) is 0 Å². The van der Waals surface area contributed by atoms with E-state index in [4.69, 9.17) is 14.1 Å². The minimum absolute atomic E-state index is 0.0863. The van der Waals surface area contributed by atoms with E-state index in [0.717, 1.165) is 58.7 Å². The Morgan fingerprint density at radius 1 is 1.16 bits per heavy atom. The molecule has 38 heavy (non-hydrogen) atoms. The molecule has 10 nitrogen and oxygen atoms in total. The first kappa shape index (κ1) is 22.9. The second-order valence-electron chi connectivity index (χ2n) is 10.0. The number of carbonyl (C=O) groups excluding carboxylic acids is 1. The van der Waals surface area contributed by atoms with E-state index in [-0.39, 0.29) is 12.0 Å². The highest BCUT2D eigenvalue weighted by molar-refractivity contribution is 6.06. The number of furan rings is 1. The molecule has 2 N–H and O–H groups in total. The molecule has 0 radical (unpaired) electrons. The van der Waals surface area contributed by atoms with Gasteiger partial charge in [-0.05, 0) is 44.6 Å². The maximum absolute atomic E-state index is 13.0. The molecule has 5 aromatic rings. The lowest BCUT2D eigenvalue weighted by Crippen LogP contribution is -2.16. The molecular weight excluding hydrogens is 482 g/mol. The molecule has 0 aliphatic carbocycles. The number of amides is 1. The number of fused-ring (bicyclic) bond motifs is 4. The molecule has 0 bridgehead atoms. The zero-order chi connectivity index (χ0) is 25.8. The molecule has 0 unspecified atom stereocenters. The molecule has 1 saturated heterocycles. The number of benzene rings is 1. The second-order valence-corrected chi connectivity index (χ2v) is 10.0. The van der Waals surface area contributed by atoms with Gasteiger partial charge in [-0.1, -0.05) is 12.1 Å². The number of nitrogens with one attached hydrogen (secondary N) is 2. The van der Waals surface area contributed by atoms with Gasteiger partial charge >= 0.3 is 0 Å². The van der Waals surface area contributed by atoms with Crippen molar-refractivity contribution in [2.45, 2.75) is 32.0 Å². The average molecular weight is 510 g/mol. The zero-order valence-corrected chi connectivity index (χ0v) is 21.2. The van der Waals surface area contributed by atoms with Gasteiger partial charge in [0.25, 0.3) is 5.91 Å². The van der Waals surface area contributed by atoms with Gasteiger partial charge in [0.2, 0.25) is 5.71 Å². The average Bonchev–Trinajstić information content (AvgIpc) is 3.70. The van der Waals surface area contributed by atoms with Crippen molar-refractivity contribution in [1.29, 1.82) is 0 Å². The third kappa shape index (κ3) is 3.72. The van der Waals surface area contributed by atoms with Gasteiger partial charge in [-0.15, -0.1) is 0 Å². The van der Waals surface area contributed by atoms with Crippen molar-refractivity contribution >= 4 is 34.3 Å². The standard InChI is InChI=1S/C28H27N7O3/c1-34(2)15-20-17(23-4-3-10-37-23)6-8-24(33-20)32-19-7-5-16(18-12-30-27(36)26(18)19)22-13-29-25-14-31-28-21(35(22)25)9-11-38-28/h5-9,11,13-14,23H,3-4,10,12,15H2,1-2H3,(H,30,36)(H,32,33)/t23-/m0/s1. The number of carbonyl (C=O) groups is 1. The monoisotopic (exact) mass is 509 g/mol. The maximum atomic E-state index is 13.0. The highest BCUT2D eigenvalue weighted by Crippen LogP contribution is 2.37. The number of rotatable bonds is 6. The van der Waals surface area contributed by atoms with Crippen molar-refractivity contribution < 1.29 is 13.9 Å².